The molecule has 2 radical (unpaired) electrons. The van der Waals surface area contributed by atoms with Gasteiger partial charge in [0.15, 0.2) is 0 Å². The first-order valence-corrected chi connectivity index (χ1v) is 6.41. The fourth-order valence-corrected chi connectivity index (χ4v) is 1.74. The van der Waals surface area contributed by atoms with Crippen LogP contribution in [0.3, 0.4) is 0 Å². The SMILES string of the molecule is FCCCCCCCCCC[As]. The topological polar surface area (TPSA) is 0 Å². The molecule has 0 heterocycles. The second-order valence-corrected chi connectivity index (χ2v) is 4.18. The molecule has 0 aliphatic carbocycles. The number of rotatable bonds is 9. The molecule has 0 aliphatic heterocycles. The first-order valence-electron chi connectivity index (χ1n) is 5.08. The molecule has 2 heteroatoms. The zero-order valence-electron chi connectivity index (χ0n) is 7.90. The third-order valence-electron chi connectivity index (χ3n) is 2.04. The number of alkyl halides is 1. The van der Waals surface area contributed by atoms with Crippen molar-refractivity contribution in [3.63, 3.8) is 0 Å². The Labute approximate surface area is 84.8 Å². The van der Waals surface area contributed by atoms with E-state index in [2.05, 4.69) is 16.9 Å². The first-order chi connectivity index (χ1) is 5.91. The van der Waals surface area contributed by atoms with E-state index in [0.717, 1.165) is 12.8 Å². The molecule has 0 N–H and O–H groups in total. The summed E-state index contributed by atoms with van der Waals surface area (Å²) in [5.74, 6) is 0. The minimum atomic E-state index is -0.131. The summed E-state index contributed by atoms with van der Waals surface area (Å²) in [5.41, 5.74) is 0. The van der Waals surface area contributed by atoms with Gasteiger partial charge >= 0.3 is 84.5 Å². The molecule has 0 aromatic carbocycles. The van der Waals surface area contributed by atoms with E-state index in [1.165, 1.54) is 43.7 Å². The van der Waals surface area contributed by atoms with Crippen molar-refractivity contribution in [2.75, 3.05) is 6.67 Å². The van der Waals surface area contributed by atoms with Crippen LogP contribution in [0.5, 0.6) is 0 Å². The van der Waals surface area contributed by atoms with Gasteiger partial charge in [-0.15, -0.1) is 0 Å². The Morgan fingerprint density at radius 1 is 0.667 bits per heavy atom. The standard InChI is InChI=1S/C10H20AsF/c11-9-7-5-3-1-2-4-6-8-10-12/h1-10H2. The van der Waals surface area contributed by atoms with Crippen LogP contribution in [0.15, 0.2) is 0 Å². The van der Waals surface area contributed by atoms with Crippen molar-refractivity contribution in [3.8, 4) is 0 Å². The summed E-state index contributed by atoms with van der Waals surface area (Å²) in [6.07, 6.45) is 9.83. The molecule has 0 unspecified atom stereocenters. The van der Waals surface area contributed by atoms with Gasteiger partial charge < -0.3 is 0 Å². The van der Waals surface area contributed by atoms with E-state index in [4.69, 9.17) is 0 Å². The summed E-state index contributed by atoms with van der Waals surface area (Å²) < 4.78 is 11.7. The van der Waals surface area contributed by atoms with Crippen molar-refractivity contribution in [1.29, 1.82) is 0 Å². The Morgan fingerprint density at radius 3 is 1.50 bits per heavy atom. The van der Waals surface area contributed by atoms with E-state index in [0.29, 0.717) is 0 Å². The van der Waals surface area contributed by atoms with Gasteiger partial charge in [0, 0.05) is 0 Å². The molecule has 0 fully saturated rings. The van der Waals surface area contributed by atoms with Crippen LogP contribution < -0.4 is 0 Å². The van der Waals surface area contributed by atoms with E-state index in [1.807, 2.05) is 0 Å². The molecule has 12 heavy (non-hydrogen) atoms. The van der Waals surface area contributed by atoms with Gasteiger partial charge in [-0.05, 0) is 0 Å². The van der Waals surface area contributed by atoms with Crippen molar-refractivity contribution in [2.24, 2.45) is 0 Å². The quantitative estimate of drug-likeness (QED) is 0.422. The average Bonchev–Trinajstić information content (AvgIpc) is 2.10. The molecule has 0 rings (SSSR count). The minimum absolute atomic E-state index is 0.131. The molecule has 0 atom stereocenters. The Hall–Kier alpha value is 0.488. The van der Waals surface area contributed by atoms with Gasteiger partial charge in [-0.2, -0.15) is 0 Å². The molecule has 0 saturated carbocycles. The van der Waals surface area contributed by atoms with Crippen LogP contribution in [0.4, 0.5) is 4.39 Å². The predicted octanol–water partition coefficient (Wildman–Crippen LogP) is 3.66. The molecule has 0 saturated heterocycles. The molecule has 72 valence electrons. The van der Waals surface area contributed by atoms with Crippen molar-refractivity contribution in [2.45, 2.75) is 56.6 Å². The van der Waals surface area contributed by atoms with Crippen LogP contribution in [0.25, 0.3) is 0 Å². The Bertz CT molecular complexity index is 66.2. The molecule has 0 aromatic heterocycles. The van der Waals surface area contributed by atoms with Crippen LogP contribution in [0.1, 0.15) is 51.4 Å². The van der Waals surface area contributed by atoms with E-state index in [1.54, 1.807) is 0 Å². The van der Waals surface area contributed by atoms with E-state index in [9.17, 15) is 4.39 Å². The molecule has 0 bridgehead atoms. The summed E-state index contributed by atoms with van der Waals surface area (Å²) in [4.78, 5) is 0. The average molecular weight is 234 g/mol. The first kappa shape index (κ1) is 12.5. The Kier molecular flexibility index (Phi) is 12.0. The molecule has 0 aliphatic rings. The number of hydrogen-bond acceptors (Lipinski definition) is 0. The zero-order valence-corrected chi connectivity index (χ0v) is 9.77. The molecule has 0 aromatic rings. The van der Waals surface area contributed by atoms with Gasteiger partial charge in [-0.1, -0.05) is 0 Å². The van der Waals surface area contributed by atoms with Crippen LogP contribution >= 0.6 is 0 Å². The van der Waals surface area contributed by atoms with Crippen molar-refractivity contribution in [3.05, 3.63) is 0 Å². The van der Waals surface area contributed by atoms with Gasteiger partial charge in [0.25, 0.3) is 0 Å². The normalized spacial score (nSPS) is 10.5. The fraction of sp³-hybridized carbons (Fsp3) is 1.00. The monoisotopic (exact) mass is 234 g/mol. The third kappa shape index (κ3) is 10.5. The molecular weight excluding hydrogens is 214 g/mol. The number of unbranched alkanes of at least 4 members (excludes halogenated alkanes) is 7. The number of hydrogen-bond donors (Lipinski definition) is 0. The molecular formula is C10H20AsF. The second-order valence-electron chi connectivity index (χ2n) is 3.24. The second kappa shape index (κ2) is 11.5. The Balaban J connectivity index is 2.73. The van der Waals surface area contributed by atoms with E-state index < -0.39 is 0 Å². The van der Waals surface area contributed by atoms with E-state index in [-0.39, 0.29) is 6.67 Å². The predicted molar refractivity (Wildman–Crippen MR) is 53.5 cm³/mol. The maximum atomic E-state index is 11.7. The molecule has 0 nitrogen and oxygen atoms in total. The number of halogens is 1. The molecule has 0 amide bonds. The molecule has 0 spiro atoms. The van der Waals surface area contributed by atoms with Crippen LogP contribution in [-0.2, 0) is 0 Å². The van der Waals surface area contributed by atoms with Crippen molar-refractivity contribution < 1.29 is 4.39 Å². The van der Waals surface area contributed by atoms with Crippen molar-refractivity contribution in [1.82, 2.24) is 0 Å². The van der Waals surface area contributed by atoms with Gasteiger partial charge in [-0.25, -0.2) is 0 Å². The van der Waals surface area contributed by atoms with Crippen LogP contribution in [0.2, 0.25) is 5.21 Å². The summed E-state index contributed by atoms with van der Waals surface area (Å²) in [5, 5.41) is 1.26. The van der Waals surface area contributed by atoms with Gasteiger partial charge in [0.05, 0.1) is 0 Å². The van der Waals surface area contributed by atoms with Crippen LogP contribution in [-0.4, -0.2) is 23.5 Å². The Morgan fingerprint density at radius 2 is 1.08 bits per heavy atom. The zero-order chi connectivity index (χ0) is 9.07. The van der Waals surface area contributed by atoms with Crippen molar-refractivity contribution >= 4 is 16.9 Å². The van der Waals surface area contributed by atoms with Gasteiger partial charge in [-0.3, -0.25) is 0 Å². The summed E-state index contributed by atoms with van der Waals surface area (Å²) in [6, 6.07) is 0. The summed E-state index contributed by atoms with van der Waals surface area (Å²) in [6.45, 7) is -0.131. The third-order valence-corrected chi connectivity index (χ3v) is 2.71. The van der Waals surface area contributed by atoms with Gasteiger partial charge in [0.1, 0.15) is 0 Å². The summed E-state index contributed by atoms with van der Waals surface area (Å²) >= 11 is 2.63. The maximum absolute atomic E-state index is 11.7. The van der Waals surface area contributed by atoms with E-state index >= 15 is 0 Å². The van der Waals surface area contributed by atoms with Crippen LogP contribution in [0, 0.1) is 0 Å². The van der Waals surface area contributed by atoms with Gasteiger partial charge in [0.2, 0.25) is 0 Å². The summed E-state index contributed by atoms with van der Waals surface area (Å²) in [7, 11) is 0. The fourth-order valence-electron chi connectivity index (χ4n) is 1.27.